The minimum Gasteiger partial charge on any atom is -0.383 e. The summed E-state index contributed by atoms with van der Waals surface area (Å²) in [7, 11) is 1.58. The predicted octanol–water partition coefficient (Wildman–Crippen LogP) is 0.794. The molecule has 0 aliphatic carbocycles. The molecular formula is C12H19IN4O2. The molecule has 0 bridgehead atoms. The van der Waals surface area contributed by atoms with E-state index in [1.165, 1.54) is 0 Å². The number of nitrogens with two attached hydrogens (primary N) is 1. The van der Waals surface area contributed by atoms with E-state index in [1.807, 2.05) is 30.3 Å². The quantitative estimate of drug-likeness (QED) is 0.296. The van der Waals surface area contributed by atoms with Crippen molar-refractivity contribution < 1.29 is 9.53 Å². The van der Waals surface area contributed by atoms with Gasteiger partial charge in [-0.25, -0.2) is 4.99 Å². The standard InChI is InChI=1S/C12H18N4O2.HI/c1-18-8-7-14-11(17)9-15-12(13)16-10-5-3-2-4-6-10;/h2-6H,7-9H2,1H3,(H,14,17)(H3,13,15,16);1H. The fourth-order valence-corrected chi connectivity index (χ4v) is 1.21. The van der Waals surface area contributed by atoms with E-state index in [9.17, 15) is 4.79 Å². The third kappa shape index (κ3) is 8.38. The van der Waals surface area contributed by atoms with Crippen molar-refractivity contribution in [1.29, 1.82) is 0 Å². The fourth-order valence-electron chi connectivity index (χ4n) is 1.21. The van der Waals surface area contributed by atoms with Crippen LogP contribution >= 0.6 is 24.0 Å². The number of amides is 1. The number of carbonyl (C=O) groups is 1. The maximum Gasteiger partial charge on any atom is 0.241 e. The predicted molar refractivity (Wildman–Crippen MR) is 86.9 cm³/mol. The van der Waals surface area contributed by atoms with Gasteiger partial charge in [-0.3, -0.25) is 4.79 Å². The van der Waals surface area contributed by atoms with Gasteiger partial charge in [0.15, 0.2) is 5.96 Å². The van der Waals surface area contributed by atoms with Gasteiger partial charge in [-0.2, -0.15) is 0 Å². The number of para-hydroxylation sites is 1. The number of ether oxygens (including phenoxy) is 1. The first-order valence-electron chi connectivity index (χ1n) is 5.60. The van der Waals surface area contributed by atoms with Crippen LogP contribution in [-0.2, 0) is 9.53 Å². The lowest BCUT2D eigenvalue weighted by Gasteiger charge is -2.05. The van der Waals surface area contributed by atoms with Crippen LogP contribution in [0.1, 0.15) is 0 Å². The summed E-state index contributed by atoms with van der Waals surface area (Å²) in [5.41, 5.74) is 6.48. The second-order valence-electron chi connectivity index (χ2n) is 3.54. The molecule has 1 amide bonds. The SMILES string of the molecule is COCCNC(=O)CN=C(N)Nc1ccccc1.I. The van der Waals surface area contributed by atoms with E-state index in [1.54, 1.807) is 7.11 Å². The van der Waals surface area contributed by atoms with Crippen LogP contribution in [0, 0.1) is 0 Å². The minimum absolute atomic E-state index is 0. The highest BCUT2D eigenvalue weighted by atomic mass is 127. The Balaban J connectivity index is 0.00000324. The first-order chi connectivity index (χ1) is 8.72. The van der Waals surface area contributed by atoms with Gasteiger partial charge in [0, 0.05) is 19.3 Å². The summed E-state index contributed by atoms with van der Waals surface area (Å²) in [4.78, 5) is 15.2. The Morgan fingerprint density at radius 1 is 1.37 bits per heavy atom. The molecule has 0 fully saturated rings. The number of halogens is 1. The first kappa shape index (κ1) is 17.6. The average molecular weight is 378 g/mol. The van der Waals surface area contributed by atoms with Crippen LogP contribution in [0.5, 0.6) is 0 Å². The van der Waals surface area contributed by atoms with Crippen LogP contribution in [0.3, 0.4) is 0 Å². The average Bonchev–Trinajstić information content (AvgIpc) is 2.38. The van der Waals surface area contributed by atoms with E-state index in [0.717, 1.165) is 5.69 Å². The zero-order chi connectivity index (χ0) is 13.2. The number of nitrogens with one attached hydrogen (secondary N) is 2. The summed E-state index contributed by atoms with van der Waals surface area (Å²) < 4.78 is 4.81. The molecule has 1 aromatic rings. The van der Waals surface area contributed by atoms with E-state index in [-0.39, 0.29) is 42.4 Å². The summed E-state index contributed by atoms with van der Waals surface area (Å²) in [6.07, 6.45) is 0. The number of hydrogen-bond acceptors (Lipinski definition) is 3. The van der Waals surface area contributed by atoms with Crippen LogP contribution in [0.4, 0.5) is 5.69 Å². The number of nitrogens with zero attached hydrogens (tertiary/aromatic N) is 1. The van der Waals surface area contributed by atoms with Crippen LogP contribution in [-0.4, -0.2) is 38.7 Å². The molecule has 0 radical (unpaired) electrons. The molecule has 0 aromatic heterocycles. The van der Waals surface area contributed by atoms with Gasteiger partial charge >= 0.3 is 0 Å². The molecule has 1 rings (SSSR count). The molecule has 0 saturated carbocycles. The summed E-state index contributed by atoms with van der Waals surface area (Å²) in [6.45, 7) is 0.944. The van der Waals surface area contributed by atoms with Gasteiger partial charge in [-0.15, -0.1) is 24.0 Å². The molecule has 0 heterocycles. The Hall–Kier alpha value is -1.35. The largest absolute Gasteiger partial charge is 0.383 e. The van der Waals surface area contributed by atoms with Crippen LogP contribution < -0.4 is 16.4 Å². The normalized spacial score (nSPS) is 10.5. The molecule has 0 spiro atoms. The highest BCUT2D eigenvalue weighted by molar-refractivity contribution is 14.0. The Bertz CT molecular complexity index is 398. The minimum atomic E-state index is -0.190. The molecular weight excluding hydrogens is 359 g/mol. The zero-order valence-corrected chi connectivity index (χ0v) is 13.1. The molecule has 6 nitrogen and oxygen atoms in total. The first-order valence-corrected chi connectivity index (χ1v) is 5.60. The number of rotatable bonds is 6. The number of hydrogen-bond donors (Lipinski definition) is 3. The third-order valence-corrected chi connectivity index (χ3v) is 2.07. The van der Waals surface area contributed by atoms with Gasteiger partial charge in [0.1, 0.15) is 6.54 Å². The molecule has 0 aliphatic heterocycles. The van der Waals surface area contributed by atoms with Gasteiger partial charge in [0.05, 0.1) is 6.61 Å². The van der Waals surface area contributed by atoms with Gasteiger partial charge in [-0.05, 0) is 12.1 Å². The molecule has 0 unspecified atom stereocenters. The molecule has 7 heteroatoms. The van der Waals surface area contributed by atoms with Crippen molar-refractivity contribution in [1.82, 2.24) is 5.32 Å². The van der Waals surface area contributed by atoms with E-state index >= 15 is 0 Å². The molecule has 4 N–H and O–H groups in total. The molecule has 106 valence electrons. The van der Waals surface area contributed by atoms with Crippen molar-refractivity contribution in [3.8, 4) is 0 Å². The number of aliphatic imine (C=N–C) groups is 1. The van der Waals surface area contributed by atoms with Crippen molar-refractivity contribution in [2.45, 2.75) is 0 Å². The third-order valence-electron chi connectivity index (χ3n) is 2.07. The number of methoxy groups -OCH3 is 1. The van der Waals surface area contributed by atoms with E-state index in [2.05, 4.69) is 15.6 Å². The second kappa shape index (κ2) is 10.6. The molecule has 0 atom stereocenters. The highest BCUT2D eigenvalue weighted by Gasteiger charge is 1.99. The number of carbonyl (C=O) groups excluding carboxylic acids is 1. The molecule has 0 saturated heterocycles. The lowest BCUT2D eigenvalue weighted by Crippen LogP contribution is -2.31. The summed E-state index contributed by atoms with van der Waals surface area (Å²) in [6, 6.07) is 9.39. The Labute approximate surface area is 129 Å². The van der Waals surface area contributed by atoms with Crippen LogP contribution in [0.2, 0.25) is 0 Å². The topological polar surface area (TPSA) is 88.7 Å². The van der Waals surface area contributed by atoms with Crippen LogP contribution in [0.15, 0.2) is 35.3 Å². The van der Waals surface area contributed by atoms with Crippen molar-refractivity contribution in [3.05, 3.63) is 30.3 Å². The smallest absolute Gasteiger partial charge is 0.241 e. The van der Waals surface area contributed by atoms with Gasteiger partial charge in [0.2, 0.25) is 5.91 Å². The number of guanidine groups is 1. The van der Waals surface area contributed by atoms with Crippen molar-refractivity contribution >= 4 is 41.5 Å². The van der Waals surface area contributed by atoms with Gasteiger partial charge in [0.25, 0.3) is 0 Å². The molecule has 19 heavy (non-hydrogen) atoms. The maximum atomic E-state index is 11.3. The van der Waals surface area contributed by atoms with Crippen molar-refractivity contribution in [3.63, 3.8) is 0 Å². The summed E-state index contributed by atoms with van der Waals surface area (Å²) >= 11 is 0. The lowest BCUT2D eigenvalue weighted by atomic mass is 10.3. The summed E-state index contributed by atoms with van der Waals surface area (Å²) in [5, 5.41) is 5.54. The highest BCUT2D eigenvalue weighted by Crippen LogP contribution is 2.03. The van der Waals surface area contributed by atoms with E-state index < -0.39 is 0 Å². The monoisotopic (exact) mass is 378 g/mol. The van der Waals surface area contributed by atoms with Crippen molar-refractivity contribution in [2.24, 2.45) is 10.7 Å². The van der Waals surface area contributed by atoms with E-state index in [0.29, 0.717) is 13.2 Å². The Morgan fingerprint density at radius 3 is 2.68 bits per heavy atom. The Kier molecular flexibility index (Phi) is 9.81. The second-order valence-corrected chi connectivity index (χ2v) is 3.54. The number of benzene rings is 1. The lowest BCUT2D eigenvalue weighted by molar-refractivity contribution is -0.119. The fraction of sp³-hybridized carbons (Fsp3) is 0.333. The van der Waals surface area contributed by atoms with Gasteiger partial charge < -0.3 is 21.1 Å². The summed E-state index contributed by atoms with van der Waals surface area (Å²) in [5.74, 6) is 0.0213. The van der Waals surface area contributed by atoms with Crippen LogP contribution in [0.25, 0.3) is 0 Å². The Morgan fingerprint density at radius 2 is 2.05 bits per heavy atom. The molecule has 1 aromatic carbocycles. The van der Waals surface area contributed by atoms with Gasteiger partial charge in [-0.1, -0.05) is 18.2 Å². The number of anilines is 1. The van der Waals surface area contributed by atoms with E-state index in [4.69, 9.17) is 10.5 Å². The van der Waals surface area contributed by atoms with Crippen molar-refractivity contribution in [2.75, 3.05) is 32.1 Å². The zero-order valence-electron chi connectivity index (χ0n) is 10.8. The maximum absolute atomic E-state index is 11.3. The molecule has 0 aliphatic rings.